The van der Waals surface area contributed by atoms with Gasteiger partial charge in [-0.05, 0) is 59.6 Å². The van der Waals surface area contributed by atoms with Crippen LogP contribution in [-0.2, 0) is 0 Å². The zero-order valence-corrected chi connectivity index (χ0v) is 30.6. The first-order valence-corrected chi connectivity index (χ1v) is 19.2. The Balaban J connectivity index is 0.972. The van der Waals surface area contributed by atoms with Crippen molar-refractivity contribution in [2.75, 3.05) is 0 Å². The predicted octanol–water partition coefficient (Wildman–Crippen LogP) is 13.9. The summed E-state index contributed by atoms with van der Waals surface area (Å²) in [5.41, 5.74) is 6.68. The first-order valence-electron chi connectivity index (χ1n) is 22.4. The number of nitrogens with zero attached hydrogens (tertiary/aromatic N) is 4. The highest BCUT2D eigenvalue weighted by Gasteiger charge is 2.19. The summed E-state index contributed by atoms with van der Waals surface area (Å²) in [6, 6.07) is 40.7. The van der Waals surface area contributed by atoms with E-state index in [0.717, 1.165) is 58.8 Å². The molecular weight excluding hydrogens is 717 g/mol. The molecule has 0 fully saturated rings. The lowest BCUT2D eigenvalue weighted by Gasteiger charge is -2.09. The van der Waals surface area contributed by atoms with Crippen molar-refractivity contribution >= 4 is 75.3 Å². The molecule has 0 unspecified atom stereocenters. The Morgan fingerprint density at radius 3 is 1.72 bits per heavy atom. The van der Waals surface area contributed by atoms with E-state index in [9.17, 15) is 0 Å². The highest BCUT2D eigenvalue weighted by atomic mass is 32.1. The molecule has 4 aromatic heterocycles. The topological polar surface area (TPSA) is 56.7 Å². The molecule has 0 aliphatic carbocycles. The highest BCUT2D eigenvalue weighted by molar-refractivity contribution is 7.25. The first kappa shape index (κ1) is 24.9. The Morgan fingerprint density at radius 1 is 0.456 bits per heavy atom. The maximum atomic E-state index is 8.92. The second-order valence-corrected chi connectivity index (χ2v) is 14.9. The average Bonchev–Trinajstić information content (AvgIpc) is 4.03. The summed E-state index contributed by atoms with van der Waals surface area (Å²) in [5, 5.41) is 3.95. The standard InChI is InChI=1S/C51H30N4OS/c1-3-12-31(13-4-1)49-52-50(32-14-5-2-6-15-32)54-51(53-49)41-18-11-21-44-48(41)40-26-23-33(28-45(40)56-44)34-22-25-38-39-27-24-35(30-47(39)57-46(38)29-34)55-42-19-9-7-16-36(42)37-17-8-10-20-43(37)55/h1-30H/i7D,8D,9D,10D,16D,17D,19D,20D. The molecule has 0 aliphatic rings. The maximum absolute atomic E-state index is 8.92. The fraction of sp³-hybridized carbons (Fsp3) is 0. The molecule has 12 rings (SSSR count). The van der Waals surface area contributed by atoms with Crippen molar-refractivity contribution in [1.29, 1.82) is 0 Å². The molecule has 5 nitrogen and oxygen atoms in total. The van der Waals surface area contributed by atoms with Gasteiger partial charge in [0.1, 0.15) is 11.2 Å². The molecule has 266 valence electrons. The molecule has 0 aliphatic heterocycles. The SMILES string of the molecule is [2H]c1c([2H])c([2H])c2c(c1[2H])c1c([2H])c([2H])c([2H])c([2H])c1n2-c1ccc2c(c1)sc1cc(-c3ccc4c(c3)oc3cccc(-c5nc(-c6ccccc6)nc(-c6ccccc6)n5)c34)ccc12. The van der Waals surface area contributed by atoms with E-state index >= 15 is 0 Å². The normalized spacial score (nSPS) is 13.8. The molecule has 0 saturated heterocycles. The minimum Gasteiger partial charge on any atom is -0.456 e. The third-order valence-electron chi connectivity index (χ3n) is 10.5. The van der Waals surface area contributed by atoms with Gasteiger partial charge in [0.2, 0.25) is 0 Å². The number of para-hydroxylation sites is 2. The zero-order valence-electron chi connectivity index (χ0n) is 37.8. The second kappa shape index (κ2) is 12.6. The summed E-state index contributed by atoms with van der Waals surface area (Å²) >= 11 is 1.57. The lowest BCUT2D eigenvalue weighted by molar-refractivity contribution is 0.669. The van der Waals surface area contributed by atoms with Gasteiger partial charge in [-0.25, -0.2) is 15.0 Å². The van der Waals surface area contributed by atoms with E-state index in [4.69, 9.17) is 30.3 Å². The van der Waals surface area contributed by atoms with Crippen LogP contribution in [0.1, 0.15) is 11.0 Å². The number of benzene rings is 8. The van der Waals surface area contributed by atoms with Crippen LogP contribution in [0.4, 0.5) is 0 Å². The van der Waals surface area contributed by atoms with E-state index in [2.05, 4.69) is 36.4 Å². The van der Waals surface area contributed by atoms with Crippen LogP contribution in [0.15, 0.2) is 186 Å². The zero-order chi connectivity index (χ0) is 44.4. The van der Waals surface area contributed by atoms with Gasteiger partial charge in [-0.3, -0.25) is 0 Å². The molecule has 8 aromatic carbocycles. The Hall–Kier alpha value is -7.41. The minimum atomic E-state index is -0.469. The van der Waals surface area contributed by atoms with Crippen molar-refractivity contribution < 1.29 is 15.4 Å². The van der Waals surface area contributed by atoms with Crippen LogP contribution in [0.5, 0.6) is 0 Å². The number of hydrogen-bond acceptors (Lipinski definition) is 5. The Morgan fingerprint density at radius 2 is 1.04 bits per heavy atom. The van der Waals surface area contributed by atoms with Gasteiger partial charge in [0.05, 0.1) is 22.0 Å². The van der Waals surface area contributed by atoms with Gasteiger partial charge in [0.15, 0.2) is 17.5 Å². The van der Waals surface area contributed by atoms with Crippen molar-refractivity contribution in [1.82, 2.24) is 19.5 Å². The van der Waals surface area contributed by atoms with Gasteiger partial charge in [-0.1, -0.05) is 133 Å². The number of rotatable bonds is 5. The van der Waals surface area contributed by atoms with Crippen LogP contribution < -0.4 is 0 Å². The number of fused-ring (bicyclic) bond motifs is 9. The smallest absolute Gasteiger partial charge is 0.164 e. The number of thiophene rings is 1. The molecule has 6 heteroatoms. The fourth-order valence-corrected chi connectivity index (χ4v) is 9.06. The molecule has 57 heavy (non-hydrogen) atoms. The fourth-order valence-electron chi connectivity index (χ4n) is 7.88. The van der Waals surface area contributed by atoms with E-state index in [1.54, 1.807) is 15.9 Å². The van der Waals surface area contributed by atoms with E-state index in [1.807, 2.05) is 97.1 Å². The molecule has 12 aromatic rings. The van der Waals surface area contributed by atoms with Crippen LogP contribution in [-0.4, -0.2) is 19.5 Å². The van der Waals surface area contributed by atoms with Gasteiger partial charge < -0.3 is 8.98 Å². The lowest BCUT2D eigenvalue weighted by atomic mass is 10.0. The van der Waals surface area contributed by atoms with Crippen molar-refractivity contribution in [2.24, 2.45) is 0 Å². The van der Waals surface area contributed by atoms with Gasteiger partial charge in [-0.2, -0.15) is 0 Å². The predicted molar refractivity (Wildman–Crippen MR) is 236 cm³/mol. The minimum absolute atomic E-state index is 0.0526. The Labute approximate surface area is 342 Å². The van der Waals surface area contributed by atoms with Gasteiger partial charge >= 0.3 is 0 Å². The van der Waals surface area contributed by atoms with E-state index in [0.29, 0.717) is 34.3 Å². The number of hydrogen-bond donors (Lipinski definition) is 0. The van der Waals surface area contributed by atoms with E-state index in [1.165, 1.54) is 0 Å². The van der Waals surface area contributed by atoms with Crippen LogP contribution in [0.3, 0.4) is 0 Å². The number of aromatic nitrogens is 4. The molecule has 0 N–H and O–H groups in total. The van der Waals surface area contributed by atoms with E-state index in [-0.39, 0.29) is 46.0 Å². The maximum Gasteiger partial charge on any atom is 0.164 e. The van der Waals surface area contributed by atoms with Crippen LogP contribution in [0.25, 0.3) is 115 Å². The summed E-state index contributed by atoms with van der Waals surface area (Å²) in [6.45, 7) is 0. The molecular formula is C51H30N4OS. The molecule has 0 amide bonds. The largest absolute Gasteiger partial charge is 0.456 e. The monoisotopic (exact) mass is 754 g/mol. The van der Waals surface area contributed by atoms with Gasteiger partial charge in [-0.15, -0.1) is 11.3 Å². The summed E-state index contributed by atoms with van der Waals surface area (Å²) in [4.78, 5) is 14.9. The van der Waals surface area contributed by atoms with E-state index < -0.39 is 24.2 Å². The molecule has 0 atom stereocenters. The van der Waals surface area contributed by atoms with Gasteiger partial charge in [0.25, 0.3) is 0 Å². The number of furan rings is 1. The molecule has 0 spiro atoms. The molecule has 4 heterocycles. The Kier molecular flexibility index (Phi) is 5.49. The first-order chi connectivity index (χ1) is 31.5. The van der Waals surface area contributed by atoms with Crippen LogP contribution in [0, 0.1) is 0 Å². The Bertz CT molecular complexity index is 3860. The summed E-state index contributed by atoms with van der Waals surface area (Å²) in [6.07, 6.45) is 0. The summed E-state index contributed by atoms with van der Waals surface area (Å²) in [7, 11) is 0. The van der Waals surface area contributed by atoms with Crippen molar-refractivity contribution in [3.05, 3.63) is 182 Å². The quantitative estimate of drug-likeness (QED) is 0.176. The van der Waals surface area contributed by atoms with Crippen molar-refractivity contribution in [3.8, 4) is 51.0 Å². The van der Waals surface area contributed by atoms with Crippen LogP contribution in [0.2, 0.25) is 0 Å². The third kappa shape index (κ3) is 5.12. The highest BCUT2D eigenvalue weighted by Crippen LogP contribution is 2.41. The molecule has 0 bridgehead atoms. The second-order valence-electron chi connectivity index (χ2n) is 13.8. The summed E-state index contributed by atoms with van der Waals surface area (Å²) < 4.78 is 79.2. The van der Waals surface area contributed by atoms with Crippen molar-refractivity contribution in [3.63, 3.8) is 0 Å². The summed E-state index contributed by atoms with van der Waals surface area (Å²) in [5.74, 6) is 1.70. The van der Waals surface area contributed by atoms with Crippen LogP contribution >= 0.6 is 11.3 Å². The average molecular weight is 755 g/mol. The van der Waals surface area contributed by atoms with Gasteiger partial charge in [0, 0.05) is 64.1 Å². The molecule has 0 saturated carbocycles. The third-order valence-corrected chi connectivity index (χ3v) is 11.6. The lowest BCUT2D eigenvalue weighted by Crippen LogP contribution is -2.00. The van der Waals surface area contributed by atoms with Crippen molar-refractivity contribution in [2.45, 2.75) is 0 Å². The molecule has 0 radical (unpaired) electrons.